The second kappa shape index (κ2) is 21.1. The zero-order valence-corrected chi connectivity index (χ0v) is 56.1. The van der Waals surface area contributed by atoms with Crippen molar-refractivity contribution < 1.29 is 0 Å². The van der Waals surface area contributed by atoms with E-state index in [1.165, 1.54) is 134 Å². The Balaban J connectivity index is 0.804. The summed E-state index contributed by atoms with van der Waals surface area (Å²) in [6.45, 7) is 38.1. The maximum absolute atomic E-state index is 2.61. The van der Waals surface area contributed by atoms with Gasteiger partial charge in [-0.25, -0.2) is 0 Å². The van der Waals surface area contributed by atoms with Crippen LogP contribution in [-0.4, -0.2) is 13.4 Å². The van der Waals surface area contributed by atoms with E-state index >= 15 is 0 Å². The minimum Gasteiger partial charge on any atom is -0.311 e. The van der Waals surface area contributed by atoms with Crippen molar-refractivity contribution in [2.75, 3.05) is 19.6 Å². The zero-order chi connectivity index (χ0) is 63.2. The van der Waals surface area contributed by atoms with Crippen LogP contribution in [0.25, 0.3) is 0 Å². The van der Waals surface area contributed by atoms with Crippen molar-refractivity contribution in [2.45, 2.75) is 156 Å². The van der Waals surface area contributed by atoms with Crippen molar-refractivity contribution in [2.24, 2.45) is 0 Å². The van der Waals surface area contributed by atoms with Crippen LogP contribution in [0.1, 0.15) is 157 Å². The van der Waals surface area contributed by atoms with Gasteiger partial charge in [0.1, 0.15) is 0 Å². The second-order valence-electron chi connectivity index (χ2n) is 31.8. The average Bonchev–Trinajstić information content (AvgIpc) is 0.796. The monoisotopic (exact) mass is 1170 g/mol. The highest BCUT2D eigenvalue weighted by Crippen LogP contribution is 2.49. The Labute approximate surface area is 538 Å². The van der Waals surface area contributed by atoms with E-state index in [2.05, 4.69) is 349 Å². The van der Waals surface area contributed by atoms with Gasteiger partial charge in [-0.15, -0.1) is 0 Å². The molecule has 6 heteroatoms. The third-order valence-corrected chi connectivity index (χ3v) is 20.6. The van der Waals surface area contributed by atoms with Crippen LogP contribution in [-0.2, 0) is 32.5 Å². The fourth-order valence-corrected chi connectivity index (χ4v) is 15.0. The van der Waals surface area contributed by atoms with Gasteiger partial charge in [0.25, 0.3) is 13.4 Å². The minimum absolute atomic E-state index is 0.0277. The molecule has 10 aromatic carbocycles. The van der Waals surface area contributed by atoms with Crippen LogP contribution in [0, 0.1) is 0 Å². The van der Waals surface area contributed by atoms with Gasteiger partial charge < -0.3 is 19.6 Å². The molecule has 450 valence electrons. The molecule has 4 nitrogen and oxygen atoms in total. The summed E-state index contributed by atoms with van der Waals surface area (Å²) in [6.07, 6.45) is 2.03. The van der Waals surface area contributed by atoms with E-state index in [0.29, 0.717) is 0 Å². The average molecular weight is 1180 g/mol. The quantitative estimate of drug-likeness (QED) is 0.134. The summed E-state index contributed by atoms with van der Waals surface area (Å²) < 4.78 is 0. The molecule has 0 bridgehead atoms. The fraction of sp³-hybridized carbons (Fsp3) is 0.286. The van der Waals surface area contributed by atoms with Gasteiger partial charge in [-0.1, -0.05) is 232 Å². The lowest BCUT2D eigenvalue weighted by molar-refractivity contribution is 0.374. The van der Waals surface area contributed by atoms with Gasteiger partial charge in [-0.05, 0) is 209 Å². The largest absolute Gasteiger partial charge is 0.311 e. The zero-order valence-electron chi connectivity index (χ0n) is 56.1. The highest BCUT2D eigenvalue weighted by Gasteiger charge is 2.46. The third kappa shape index (κ3) is 9.90. The maximum Gasteiger partial charge on any atom is 0.252 e. The van der Waals surface area contributed by atoms with E-state index in [0.717, 1.165) is 12.8 Å². The van der Waals surface area contributed by atoms with Crippen LogP contribution in [0.5, 0.6) is 0 Å². The van der Waals surface area contributed by atoms with Gasteiger partial charge in [-0.3, -0.25) is 0 Å². The lowest BCUT2D eigenvalue weighted by atomic mass is 9.33. The predicted octanol–water partition coefficient (Wildman–Crippen LogP) is 19.1. The Morgan fingerprint density at radius 3 is 0.811 bits per heavy atom. The Hall–Kier alpha value is -8.47. The molecule has 4 aliphatic rings. The number of hydrogen-bond donors (Lipinski definition) is 0. The molecule has 0 saturated heterocycles. The van der Waals surface area contributed by atoms with E-state index in [-0.39, 0.29) is 45.9 Å². The SMILES string of the molecule is CC(C)(C)c1ccc(N2c3ccccc3B3c4ccccc4N(c4ccc(C(C)(C)CCC(C)(C)c5cc(N6c7ccccc7B7c8ccccc8N(c8cc(C(C)(C)C)cc(C(C)(C)C)c8)c8cccc6c87)cc(C(C)(C)C)c5)cc4)c4cccc2c43)cc1. The molecule has 0 unspecified atom stereocenters. The first-order valence-electron chi connectivity index (χ1n) is 33.0. The van der Waals surface area contributed by atoms with Gasteiger partial charge in [0.15, 0.2) is 0 Å². The Morgan fingerprint density at radius 1 is 0.233 bits per heavy atom. The lowest BCUT2D eigenvalue weighted by Crippen LogP contribution is -2.61. The highest BCUT2D eigenvalue weighted by atomic mass is 15.2. The topological polar surface area (TPSA) is 13.0 Å². The molecule has 0 saturated carbocycles. The smallest absolute Gasteiger partial charge is 0.252 e. The second-order valence-corrected chi connectivity index (χ2v) is 31.8. The van der Waals surface area contributed by atoms with Gasteiger partial charge >= 0.3 is 0 Å². The summed E-state index contributed by atoms with van der Waals surface area (Å²) in [5.41, 5.74) is 30.5. The van der Waals surface area contributed by atoms with E-state index in [1.807, 2.05) is 0 Å². The van der Waals surface area contributed by atoms with Crippen LogP contribution >= 0.6 is 0 Å². The molecular formula is C84H88B2N4. The molecule has 0 aliphatic carbocycles. The number of rotatable bonds is 9. The van der Waals surface area contributed by atoms with E-state index in [4.69, 9.17) is 0 Å². The molecular weight excluding hydrogens is 1090 g/mol. The van der Waals surface area contributed by atoms with Crippen LogP contribution in [0.15, 0.2) is 218 Å². The minimum atomic E-state index is -0.151. The number of para-hydroxylation sites is 4. The van der Waals surface area contributed by atoms with Crippen molar-refractivity contribution in [3.8, 4) is 0 Å². The van der Waals surface area contributed by atoms with Crippen molar-refractivity contribution in [3.63, 3.8) is 0 Å². The molecule has 0 N–H and O–H groups in total. The Bertz CT molecular complexity index is 4410. The van der Waals surface area contributed by atoms with Crippen molar-refractivity contribution >= 4 is 114 Å². The normalized spacial score (nSPS) is 14.4. The standard InChI is InChI=1S/C84H88B2N4/c1-79(2,3)55-39-43-61(44-40-55)87-69-31-21-17-27-65(69)85-66-28-18-22-32-70(66)88(74-36-25-35-73(87)77(74)85)62-45-41-56(42-46-62)83(13,14)47-48-84(15,16)60-50-59(82(10,11)12)53-64(54-60)90-72-34-24-20-30-68(72)86-67-29-19-23-33-71(67)89(75-37-26-38-76(90)78(75)86)63-51-57(80(4,5)6)49-58(52-63)81(7,8)9/h17-46,49-54H,47-48H2,1-16H3. The molecule has 14 rings (SSSR count). The molecule has 0 amide bonds. The molecule has 4 heterocycles. The molecule has 0 spiro atoms. The first-order chi connectivity index (χ1) is 42.7. The lowest BCUT2D eigenvalue weighted by Gasteiger charge is -2.44. The fourth-order valence-electron chi connectivity index (χ4n) is 15.0. The number of fused-ring (bicyclic) bond motifs is 8. The first kappa shape index (κ1) is 59.2. The van der Waals surface area contributed by atoms with Crippen LogP contribution in [0.2, 0.25) is 0 Å². The van der Waals surface area contributed by atoms with E-state index < -0.39 is 0 Å². The molecule has 4 aliphatic heterocycles. The third-order valence-electron chi connectivity index (χ3n) is 20.6. The number of hydrogen-bond acceptors (Lipinski definition) is 4. The van der Waals surface area contributed by atoms with Gasteiger partial charge in [-0.2, -0.15) is 0 Å². The molecule has 0 atom stereocenters. The number of benzene rings is 10. The first-order valence-corrected chi connectivity index (χ1v) is 33.0. The van der Waals surface area contributed by atoms with E-state index in [9.17, 15) is 0 Å². The molecule has 0 fully saturated rings. The van der Waals surface area contributed by atoms with Crippen molar-refractivity contribution in [1.29, 1.82) is 0 Å². The number of nitrogens with zero attached hydrogens (tertiary/aromatic N) is 4. The molecule has 90 heavy (non-hydrogen) atoms. The Kier molecular flexibility index (Phi) is 13.8. The Morgan fingerprint density at radius 2 is 0.489 bits per heavy atom. The molecule has 0 aromatic heterocycles. The van der Waals surface area contributed by atoms with Gasteiger partial charge in [0.05, 0.1) is 0 Å². The molecule has 0 radical (unpaired) electrons. The summed E-state index contributed by atoms with van der Waals surface area (Å²) in [5, 5.41) is 0. The van der Waals surface area contributed by atoms with Crippen molar-refractivity contribution in [1.82, 2.24) is 0 Å². The van der Waals surface area contributed by atoms with Gasteiger partial charge in [0, 0.05) is 68.2 Å². The number of anilines is 12. The highest BCUT2D eigenvalue weighted by molar-refractivity contribution is 7.01. The van der Waals surface area contributed by atoms with Crippen LogP contribution in [0.3, 0.4) is 0 Å². The van der Waals surface area contributed by atoms with E-state index in [1.54, 1.807) is 0 Å². The van der Waals surface area contributed by atoms with Crippen LogP contribution in [0.4, 0.5) is 68.2 Å². The van der Waals surface area contributed by atoms with Crippen molar-refractivity contribution in [3.05, 3.63) is 252 Å². The summed E-state index contributed by atoms with van der Waals surface area (Å²) in [6, 6.07) is 84.3. The summed E-state index contributed by atoms with van der Waals surface area (Å²) >= 11 is 0. The summed E-state index contributed by atoms with van der Waals surface area (Å²) in [4.78, 5) is 10.2. The predicted molar refractivity (Wildman–Crippen MR) is 391 cm³/mol. The summed E-state index contributed by atoms with van der Waals surface area (Å²) in [7, 11) is 0. The molecule has 10 aromatic rings. The summed E-state index contributed by atoms with van der Waals surface area (Å²) in [5.74, 6) is 0. The van der Waals surface area contributed by atoms with Crippen LogP contribution < -0.4 is 52.4 Å². The van der Waals surface area contributed by atoms with Gasteiger partial charge in [0.2, 0.25) is 0 Å². The maximum atomic E-state index is 2.61.